The van der Waals surface area contributed by atoms with Crippen molar-refractivity contribution in [2.24, 2.45) is 0 Å². The smallest absolute Gasteiger partial charge is 0.0378 e. The SMILES string of the molecule is CCNC(Cc1ccc2c(c1)CCC2)c1cnccc1C. The number of nitrogens with one attached hydrogen (secondary N) is 1. The number of hydrogen-bond donors (Lipinski definition) is 1. The molecule has 1 heterocycles. The van der Waals surface area contributed by atoms with E-state index >= 15 is 0 Å². The summed E-state index contributed by atoms with van der Waals surface area (Å²) in [6.45, 7) is 5.31. The Balaban J connectivity index is 1.84. The van der Waals surface area contributed by atoms with Gasteiger partial charge in [-0.15, -0.1) is 0 Å². The zero-order valence-electron chi connectivity index (χ0n) is 13.0. The second kappa shape index (κ2) is 6.40. The summed E-state index contributed by atoms with van der Waals surface area (Å²) in [5, 5.41) is 3.62. The molecule has 2 aromatic rings. The number of rotatable bonds is 5. The molecule has 1 N–H and O–H groups in total. The number of hydrogen-bond acceptors (Lipinski definition) is 2. The Morgan fingerprint density at radius 2 is 2.05 bits per heavy atom. The molecule has 0 amide bonds. The molecule has 0 radical (unpaired) electrons. The van der Waals surface area contributed by atoms with Gasteiger partial charge in [-0.3, -0.25) is 4.98 Å². The van der Waals surface area contributed by atoms with E-state index in [0.717, 1.165) is 13.0 Å². The standard InChI is InChI=1S/C19H24N2/c1-3-21-19(18-13-20-10-9-14(18)2)12-15-7-8-16-5-4-6-17(16)11-15/h7-11,13,19,21H,3-6,12H2,1-2H3. The van der Waals surface area contributed by atoms with Gasteiger partial charge < -0.3 is 5.32 Å². The molecule has 0 spiro atoms. The highest BCUT2D eigenvalue weighted by Crippen LogP contribution is 2.26. The Labute approximate surface area is 127 Å². The van der Waals surface area contributed by atoms with Gasteiger partial charge in [0.05, 0.1) is 0 Å². The van der Waals surface area contributed by atoms with Crippen LogP contribution >= 0.6 is 0 Å². The monoisotopic (exact) mass is 280 g/mol. The maximum Gasteiger partial charge on any atom is 0.0378 e. The Kier molecular flexibility index (Phi) is 4.35. The van der Waals surface area contributed by atoms with Crippen LogP contribution in [0.2, 0.25) is 0 Å². The van der Waals surface area contributed by atoms with E-state index in [-0.39, 0.29) is 0 Å². The van der Waals surface area contributed by atoms with E-state index in [4.69, 9.17) is 0 Å². The van der Waals surface area contributed by atoms with Crippen LogP contribution < -0.4 is 5.32 Å². The van der Waals surface area contributed by atoms with Crippen LogP contribution in [0.15, 0.2) is 36.7 Å². The molecule has 0 bridgehead atoms. The minimum absolute atomic E-state index is 0.350. The van der Waals surface area contributed by atoms with E-state index in [9.17, 15) is 0 Å². The van der Waals surface area contributed by atoms with E-state index < -0.39 is 0 Å². The van der Waals surface area contributed by atoms with Crippen molar-refractivity contribution < 1.29 is 0 Å². The van der Waals surface area contributed by atoms with Gasteiger partial charge in [0.1, 0.15) is 0 Å². The predicted molar refractivity (Wildman–Crippen MR) is 87.6 cm³/mol. The quantitative estimate of drug-likeness (QED) is 0.901. The first-order valence-corrected chi connectivity index (χ1v) is 8.02. The van der Waals surface area contributed by atoms with Crippen LogP contribution in [0.25, 0.3) is 0 Å². The average Bonchev–Trinajstić information content (AvgIpc) is 2.95. The number of benzene rings is 1. The normalized spacial score (nSPS) is 15.0. The van der Waals surface area contributed by atoms with Gasteiger partial charge in [-0.1, -0.05) is 25.1 Å². The van der Waals surface area contributed by atoms with Crippen molar-refractivity contribution in [3.05, 3.63) is 64.5 Å². The van der Waals surface area contributed by atoms with Gasteiger partial charge in [0.25, 0.3) is 0 Å². The summed E-state index contributed by atoms with van der Waals surface area (Å²) in [5.74, 6) is 0. The maximum absolute atomic E-state index is 4.31. The Hall–Kier alpha value is -1.67. The highest BCUT2D eigenvalue weighted by molar-refractivity contribution is 5.36. The molecule has 2 nitrogen and oxygen atoms in total. The van der Waals surface area contributed by atoms with Gasteiger partial charge in [-0.2, -0.15) is 0 Å². The van der Waals surface area contributed by atoms with Crippen molar-refractivity contribution >= 4 is 0 Å². The molecule has 21 heavy (non-hydrogen) atoms. The van der Waals surface area contributed by atoms with Gasteiger partial charge in [-0.25, -0.2) is 0 Å². The molecule has 1 aromatic carbocycles. The Morgan fingerprint density at radius 1 is 1.19 bits per heavy atom. The lowest BCUT2D eigenvalue weighted by Gasteiger charge is -2.20. The largest absolute Gasteiger partial charge is 0.310 e. The number of aromatic nitrogens is 1. The van der Waals surface area contributed by atoms with Gasteiger partial charge >= 0.3 is 0 Å². The van der Waals surface area contributed by atoms with Crippen LogP contribution in [0.5, 0.6) is 0 Å². The van der Waals surface area contributed by atoms with E-state index in [2.05, 4.69) is 48.4 Å². The highest BCUT2D eigenvalue weighted by Gasteiger charge is 2.16. The van der Waals surface area contributed by atoms with E-state index in [0.29, 0.717) is 6.04 Å². The van der Waals surface area contributed by atoms with Crippen LogP contribution in [0.4, 0.5) is 0 Å². The molecule has 1 unspecified atom stereocenters. The fourth-order valence-corrected chi connectivity index (χ4v) is 3.37. The molecule has 1 atom stereocenters. The van der Waals surface area contributed by atoms with Crippen molar-refractivity contribution in [2.45, 2.75) is 45.6 Å². The second-order valence-electron chi connectivity index (χ2n) is 6.00. The van der Waals surface area contributed by atoms with Crippen LogP contribution in [0.1, 0.15) is 47.2 Å². The summed E-state index contributed by atoms with van der Waals surface area (Å²) in [6.07, 6.45) is 8.74. The van der Waals surface area contributed by atoms with E-state index in [1.54, 1.807) is 11.1 Å². The first-order chi connectivity index (χ1) is 10.3. The fourth-order valence-electron chi connectivity index (χ4n) is 3.37. The predicted octanol–water partition coefficient (Wildman–Crippen LogP) is 3.77. The molecular formula is C19H24N2. The van der Waals surface area contributed by atoms with Crippen LogP contribution in [0.3, 0.4) is 0 Å². The number of nitrogens with zero attached hydrogens (tertiary/aromatic N) is 1. The lowest BCUT2D eigenvalue weighted by atomic mass is 9.95. The molecule has 1 aliphatic carbocycles. The van der Waals surface area contributed by atoms with E-state index in [1.807, 2.05) is 12.4 Å². The number of fused-ring (bicyclic) bond motifs is 1. The first kappa shape index (κ1) is 14.3. The Morgan fingerprint density at radius 3 is 2.86 bits per heavy atom. The summed E-state index contributed by atoms with van der Waals surface area (Å²) in [7, 11) is 0. The molecule has 0 aliphatic heterocycles. The minimum atomic E-state index is 0.350. The molecule has 110 valence electrons. The topological polar surface area (TPSA) is 24.9 Å². The van der Waals surface area contributed by atoms with E-state index in [1.165, 1.54) is 36.0 Å². The Bertz CT molecular complexity index is 619. The van der Waals surface area contributed by atoms with Crippen LogP contribution in [-0.4, -0.2) is 11.5 Å². The highest BCUT2D eigenvalue weighted by atomic mass is 14.9. The van der Waals surface area contributed by atoms with Crippen molar-refractivity contribution in [3.8, 4) is 0 Å². The molecule has 2 heteroatoms. The average molecular weight is 280 g/mol. The van der Waals surface area contributed by atoms with Crippen LogP contribution in [0, 0.1) is 6.92 Å². The summed E-state index contributed by atoms with van der Waals surface area (Å²) in [5.41, 5.74) is 7.18. The molecule has 1 aliphatic rings. The summed E-state index contributed by atoms with van der Waals surface area (Å²) < 4.78 is 0. The third-order valence-corrected chi connectivity index (χ3v) is 4.51. The molecule has 1 aromatic heterocycles. The molecular weight excluding hydrogens is 256 g/mol. The summed E-state index contributed by atoms with van der Waals surface area (Å²) in [6, 6.07) is 9.50. The number of pyridine rings is 1. The zero-order chi connectivity index (χ0) is 14.7. The van der Waals surface area contributed by atoms with Gasteiger partial charge in [0.15, 0.2) is 0 Å². The summed E-state index contributed by atoms with van der Waals surface area (Å²) >= 11 is 0. The zero-order valence-corrected chi connectivity index (χ0v) is 13.0. The minimum Gasteiger partial charge on any atom is -0.310 e. The first-order valence-electron chi connectivity index (χ1n) is 8.02. The maximum atomic E-state index is 4.31. The molecule has 0 saturated carbocycles. The summed E-state index contributed by atoms with van der Waals surface area (Å²) in [4.78, 5) is 4.31. The number of likely N-dealkylation sites (N-methyl/N-ethyl adjacent to an activating group) is 1. The fraction of sp³-hybridized carbons (Fsp3) is 0.421. The van der Waals surface area contributed by atoms with Crippen LogP contribution in [-0.2, 0) is 19.3 Å². The number of aryl methyl sites for hydroxylation is 3. The van der Waals surface area contributed by atoms with Crippen molar-refractivity contribution in [2.75, 3.05) is 6.54 Å². The van der Waals surface area contributed by atoms with Gasteiger partial charge in [-0.05, 0) is 73.0 Å². The van der Waals surface area contributed by atoms with Gasteiger partial charge in [0.2, 0.25) is 0 Å². The molecule has 0 saturated heterocycles. The molecule has 0 fully saturated rings. The van der Waals surface area contributed by atoms with Crippen molar-refractivity contribution in [3.63, 3.8) is 0 Å². The van der Waals surface area contributed by atoms with Gasteiger partial charge in [0, 0.05) is 18.4 Å². The van der Waals surface area contributed by atoms with Crippen molar-refractivity contribution in [1.29, 1.82) is 0 Å². The third kappa shape index (κ3) is 3.16. The second-order valence-corrected chi connectivity index (χ2v) is 6.00. The van der Waals surface area contributed by atoms with Crippen molar-refractivity contribution in [1.82, 2.24) is 10.3 Å². The molecule has 3 rings (SSSR count). The third-order valence-electron chi connectivity index (χ3n) is 4.51. The lowest BCUT2D eigenvalue weighted by Crippen LogP contribution is -2.24. The lowest BCUT2D eigenvalue weighted by molar-refractivity contribution is 0.545.